The zero-order valence-corrected chi connectivity index (χ0v) is 26.2. The van der Waals surface area contributed by atoms with Gasteiger partial charge in [-0.1, -0.05) is 99.7 Å². The van der Waals surface area contributed by atoms with Gasteiger partial charge in [0.25, 0.3) is 5.91 Å². The Labute approximate surface area is 253 Å². The molecule has 0 aliphatic carbocycles. The van der Waals surface area contributed by atoms with E-state index in [-0.39, 0.29) is 28.8 Å². The van der Waals surface area contributed by atoms with Crippen molar-refractivity contribution < 1.29 is 28.6 Å². The molecule has 0 aromatic heterocycles. The number of carbonyl (C=O) groups excluding carboxylic acids is 2. The van der Waals surface area contributed by atoms with Crippen LogP contribution in [0.4, 0.5) is 10.5 Å². The van der Waals surface area contributed by atoms with E-state index in [4.69, 9.17) is 13.9 Å². The summed E-state index contributed by atoms with van der Waals surface area (Å²) < 4.78 is 18.5. The van der Waals surface area contributed by atoms with Crippen molar-refractivity contribution in [1.29, 1.82) is 0 Å². The summed E-state index contributed by atoms with van der Waals surface area (Å²) in [6, 6.07) is 22.8. The summed E-state index contributed by atoms with van der Waals surface area (Å²) in [7, 11) is -1.60. The van der Waals surface area contributed by atoms with Crippen molar-refractivity contribution in [2.45, 2.75) is 51.4 Å². The van der Waals surface area contributed by atoms with Crippen molar-refractivity contribution in [3.63, 3.8) is 0 Å². The number of fused-ring (bicyclic) bond motifs is 2. The number of anilines is 1. The minimum absolute atomic E-state index is 0.0570. The van der Waals surface area contributed by atoms with Crippen molar-refractivity contribution in [2.75, 3.05) is 18.6 Å². The molecule has 0 saturated heterocycles. The number of ether oxygens (including phenoxy) is 2. The summed E-state index contributed by atoms with van der Waals surface area (Å²) in [5, 5.41) is 13.3. The molecule has 43 heavy (non-hydrogen) atoms. The highest BCUT2D eigenvalue weighted by Gasteiger charge is 2.53. The Morgan fingerprint density at radius 1 is 1.05 bits per heavy atom. The van der Waals surface area contributed by atoms with Crippen LogP contribution in [0.2, 0.25) is 5.04 Å². The first-order valence-corrected chi connectivity index (χ1v) is 16.2. The molecule has 0 spiro atoms. The van der Waals surface area contributed by atoms with E-state index in [1.54, 1.807) is 18.3 Å². The van der Waals surface area contributed by atoms with E-state index in [0.717, 1.165) is 20.8 Å². The minimum atomic E-state index is -3.13. The van der Waals surface area contributed by atoms with Gasteiger partial charge in [-0.05, 0) is 34.8 Å². The Balaban J connectivity index is 1.76. The smallest absolute Gasteiger partial charge is 0.416 e. The lowest BCUT2D eigenvalue weighted by Gasteiger charge is -2.43. The molecule has 0 bridgehead atoms. The summed E-state index contributed by atoms with van der Waals surface area (Å²) in [5.74, 6) is 0.336. The Morgan fingerprint density at radius 3 is 2.19 bits per heavy atom. The number of hydrogen-bond donors (Lipinski definition) is 1. The van der Waals surface area contributed by atoms with Crippen LogP contribution in [0, 0.1) is 0 Å². The van der Waals surface area contributed by atoms with Crippen LogP contribution in [0.1, 0.15) is 44.5 Å². The third kappa shape index (κ3) is 5.23. The van der Waals surface area contributed by atoms with Crippen LogP contribution < -0.4 is 24.4 Å². The molecule has 0 unspecified atom stereocenters. The van der Waals surface area contributed by atoms with Crippen LogP contribution in [-0.2, 0) is 4.74 Å². The molecule has 1 N–H and O–H groups in total. The molecule has 2 amide bonds. The molecule has 0 radical (unpaired) electrons. The number of aliphatic hydroxyl groups is 1. The van der Waals surface area contributed by atoms with E-state index < -0.39 is 26.7 Å². The third-order valence-electron chi connectivity index (χ3n) is 8.06. The van der Waals surface area contributed by atoms with Crippen LogP contribution in [0.5, 0.6) is 11.5 Å². The number of nitrogens with zero attached hydrogens (tertiary/aromatic N) is 2. The summed E-state index contributed by atoms with van der Waals surface area (Å²) in [4.78, 5) is 30.1. The number of carbonyl (C=O) groups is 2. The molecule has 2 aliphatic heterocycles. The number of methoxy groups -OCH3 is 1. The monoisotopic (exact) mass is 598 g/mol. The normalized spacial score (nSPS) is 18.3. The van der Waals surface area contributed by atoms with E-state index in [1.807, 2.05) is 43.3 Å². The first-order chi connectivity index (χ1) is 20.5. The van der Waals surface area contributed by atoms with Crippen molar-refractivity contribution in [1.82, 2.24) is 4.90 Å². The molecule has 224 valence electrons. The summed E-state index contributed by atoms with van der Waals surface area (Å²) in [5.41, 5.74) is 1.29. The Morgan fingerprint density at radius 2 is 1.65 bits per heavy atom. The number of benzene rings is 3. The Hall–Kier alpha value is -4.34. The summed E-state index contributed by atoms with van der Waals surface area (Å²) in [6.07, 6.45) is 1.42. The number of amides is 2. The van der Waals surface area contributed by atoms with E-state index in [1.165, 1.54) is 18.1 Å². The van der Waals surface area contributed by atoms with Gasteiger partial charge in [-0.3, -0.25) is 4.79 Å². The molecule has 8 nitrogen and oxygen atoms in total. The lowest BCUT2D eigenvalue weighted by molar-refractivity contribution is 0.0557. The third-order valence-corrected chi connectivity index (χ3v) is 13.0. The Bertz CT molecular complexity index is 1510. The summed E-state index contributed by atoms with van der Waals surface area (Å²) >= 11 is 0. The zero-order chi connectivity index (χ0) is 30.9. The second kappa shape index (κ2) is 11.7. The first-order valence-electron chi connectivity index (χ1n) is 14.3. The number of aliphatic hydroxyl groups excluding tert-OH is 1. The van der Waals surface area contributed by atoms with E-state index in [9.17, 15) is 14.7 Å². The predicted octanol–water partition coefficient (Wildman–Crippen LogP) is 5.21. The highest BCUT2D eigenvalue weighted by Crippen LogP contribution is 2.45. The van der Waals surface area contributed by atoms with E-state index >= 15 is 0 Å². The molecule has 0 fully saturated rings. The molecular weight excluding hydrogens is 560 g/mol. The molecule has 3 aromatic rings. The maximum atomic E-state index is 13.9. The number of rotatable bonds is 7. The minimum Gasteiger partial charge on any atom is -0.531 e. The molecule has 9 heteroatoms. The second-order valence-corrected chi connectivity index (χ2v) is 16.1. The molecule has 5 rings (SSSR count). The molecule has 3 aromatic carbocycles. The Kier molecular flexibility index (Phi) is 8.22. The second-order valence-electron chi connectivity index (χ2n) is 11.9. The van der Waals surface area contributed by atoms with Gasteiger partial charge in [-0.15, -0.1) is 0 Å². The van der Waals surface area contributed by atoms with Crippen LogP contribution in [0.3, 0.4) is 0 Å². The van der Waals surface area contributed by atoms with Gasteiger partial charge >= 0.3 is 14.4 Å². The molecule has 2 heterocycles. The lowest BCUT2D eigenvalue weighted by Crippen LogP contribution is -2.68. The SMILES string of the molecule is C=CCOC(=O)N1c2cc(O[Si](c3ccccc3)(c3ccccc3)C(C)(C)C)c(OC)cc2C(=O)N2C=C(C)C[C@H]2[C@@H]1O. The van der Waals surface area contributed by atoms with Gasteiger partial charge in [0.15, 0.2) is 12.0 Å². The van der Waals surface area contributed by atoms with Crippen molar-refractivity contribution in [3.05, 3.63) is 103 Å². The fourth-order valence-corrected chi connectivity index (χ4v) is 10.5. The topological polar surface area (TPSA) is 88.5 Å². The van der Waals surface area contributed by atoms with E-state index in [2.05, 4.69) is 51.6 Å². The fraction of sp³-hybridized carbons (Fsp3) is 0.294. The van der Waals surface area contributed by atoms with Gasteiger partial charge in [0.1, 0.15) is 12.4 Å². The standard InChI is InChI=1S/C34H38N2O6Si/c1-7-18-41-33(39)36-27-21-30(29(40-6)20-26(27)31(37)35-22-23(2)19-28(35)32(36)38)42-43(34(3,4)5,24-14-10-8-11-15-24)25-16-12-9-13-17-25/h7-17,20-22,28,32,38H,1,18-19H2,2-6H3/t28-,32-/m0/s1. The number of hydrogen-bond acceptors (Lipinski definition) is 6. The molecule has 2 aliphatic rings. The maximum Gasteiger partial charge on any atom is 0.416 e. The lowest BCUT2D eigenvalue weighted by atomic mass is 10.1. The van der Waals surface area contributed by atoms with Crippen molar-refractivity contribution in [3.8, 4) is 11.5 Å². The van der Waals surface area contributed by atoms with Crippen LogP contribution in [-0.4, -0.2) is 56.3 Å². The first kappa shape index (κ1) is 30.1. The van der Waals surface area contributed by atoms with Gasteiger partial charge in [-0.25, -0.2) is 9.69 Å². The molecule has 2 atom stereocenters. The average molecular weight is 599 g/mol. The van der Waals surface area contributed by atoms with Crippen LogP contribution >= 0.6 is 0 Å². The average Bonchev–Trinajstić information content (AvgIpc) is 3.37. The van der Waals surface area contributed by atoms with E-state index in [0.29, 0.717) is 17.9 Å². The highest BCUT2D eigenvalue weighted by molar-refractivity contribution is 7.00. The van der Waals surface area contributed by atoms with Crippen molar-refractivity contribution in [2.24, 2.45) is 0 Å². The predicted molar refractivity (Wildman–Crippen MR) is 170 cm³/mol. The zero-order valence-electron chi connectivity index (χ0n) is 25.2. The largest absolute Gasteiger partial charge is 0.531 e. The van der Waals surface area contributed by atoms with Gasteiger partial charge in [0.2, 0.25) is 0 Å². The quantitative estimate of drug-likeness (QED) is 0.297. The van der Waals surface area contributed by atoms with Gasteiger partial charge < -0.3 is 23.9 Å². The fourth-order valence-electron chi connectivity index (χ4n) is 6.11. The van der Waals surface area contributed by atoms with Crippen LogP contribution in [0.25, 0.3) is 0 Å². The van der Waals surface area contributed by atoms with Gasteiger partial charge in [0.05, 0.1) is 24.4 Å². The molecular formula is C34H38N2O6Si. The van der Waals surface area contributed by atoms with Crippen molar-refractivity contribution >= 4 is 36.4 Å². The molecule has 0 saturated carbocycles. The maximum absolute atomic E-state index is 13.9. The van der Waals surface area contributed by atoms with Gasteiger partial charge in [0, 0.05) is 12.3 Å². The van der Waals surface area contributed by atoms with Crippen LogP contribution in [0.15, 0.2) is 97.2 Å². The van der Waals surface area contributed by atoms with Gasteiger partial charge in [-0.2, -0.15) is 0 Å². The summed E-state index contributed by atoms with van der Waals surface area (Å²) in [6.45, 7) is 11.9. The highest BCUT2D eigenvalue weighted by atomic mass is 28.4.